The van der Waals surface area contributed by atoms with E-state index in [1.165, 1.54) is 24.3 Å². The zero-order valence-corrected chi connectivity index (χ0v) is 19.7. The van der Waals surface area contributed by atoms with Crippen LogP contribution in [0.3, 0.4) is 0 Å². The van der Waals surface area contributed by atoms with E-state index in [4.69, 9.17) is 4.74 Å². The fourth-order valence-corrected chi connectivity index (χ4v) is 2.79. The SMILES string of the molecule is CC(C)Oc1ccc(C(=O)Nc2cccc(C(F)(F)C(F)(F)OC(F)(F)C(F)(F)C(F)(F)OC(F)(F)F)c2)cc1. The minimum Gasteiger partial charge on any atom is -0.491 e. The second-order valence-electron chi connectivity index (χ2n) is 8.07. The van der Waals surface area contributed by atoms with Crippen molar-refractivity contribution in [3.05, 3.63) is 59.7 Å². The summed E-state index contributed by atoms with van der Waals surface area (Å²) in [5, 5.41) is 2.01. The van der Waals surface area contributed by atoms with Crippen molar-refractivity contribution in [3.63, 3.8) is 0 Å². The largest absolute Gasteiger partial charge is 0.527 e. The minimum atomic E-state index is -7.53. The predicted molar refractivity (Wildman–Crippen MR) is 109 cm³/mol. The maximum atomic E-state index is 14.4. The summed E-state index contributed by atoms with van der Waals surface area (Å²) in [5.41, 5.74) is -2.69. The summed E-state index contributed by atoms with van der Waals surface area (Å²) in [7, 11) is 0. The van der Waals surface area contributed by atoms with Crippen molar-refractivity contribution in [1.82, 2.24) is 0 Å². The molecule has 224 valence electrons. The standard InChI is InChI=1S/C22H16F13NO4/c1-11(2)38-15-8-6-12(7-9-15)16(37)36-14-5-3-4-13(10-14)17(23,24)19(27,28)39-20(29,30)18(25,26)21(31,32)40-22(33,34)35/h3-11H,1-2H3,(H,36,37). The summed E-state index contributed by atoms with van der Waals surface area (Å²) in [6.45, 7) is 3.42. The van der Waals surface area contributed by atoms with Gasteiger partial charge >= 0.3 is 36.5 Å². The quantitative estimate of drug-likeness (QED) is 0.266. The van der Waals surface area contributed by atoms with Gasteiger partial charge in [0.05, 0.1) is 6.10 Å². The van der Waals surface area contributed by atoms with Gasteiger partial charge in [-0.25, -0.2) is 9.47 Å². The molecule has 0 spiro atoms. The van der Waals surface area contributed by atoms with Crippen molar-refractivity contribution in [2.75, 3.05) is 5.32 Å². The van der Waals surface area contributed by atoms with E-state index in [0.29, 0.717) is 11.8 Å². The van der Waals surface area contributed by atoms with Crippen LogP contribution in [0.2, 0.25) is 0 Å². The highest BCUT2D eigenvalue weighted by Gasteiger charge is 2.80. The smallest absolute Gasteiger partial charge is 0.491 e. The molecule has 0 unspecified atom stereocenters. The molecule has 0 saturated heterocycles. The monoisotopic (exact) mass is 605 g/mol. The second-order valence-corrected chi connectivity index (χ2v) is 8.07. The summed E-state index contributed by atoms with van der Waals surface area (Å²) < 4.78 is 182. The molecule has 0 saturated carbocycles. The Morgan fingerprint density at radius 3 is 1.75 bits per heavy atom. The van der Waals surface area contributed by atoms with Crippen LogP contribution in [0, 0.1) is 0 Å². The van der Waals surface area contributed by atoms with E-state index in [1.807, 2.05) is 10.1 Å². The number of carbonyl (C=O) groups is 1. The number of hydrogen-bond donors (Lipinski definition) is 1. The third-order valence-corrected chi connectivity index (χ3v) is 4.57. The van der Waals surface area contributed by atoms with Crippen LogP contribution in [0.5, 0.6) is 5.75 Å². The van der Waals surface area contributed by atoms with E-state index in [-0.39, 0.29) is 23.8 Å². The van der Waals surface area contributed by atoms with Gasteiger partial charge in [-0.2, -0.15) is 43.9 Å². The van der Waals surface area contributed by atoms with Crippen LogP contribution in [-0.2, 0) is 15.4 Å². The van der Waals surface area contributed by atoms with Gasteiger partial charge in [0, 0.05) is 16.8 Å². The Balaban J connectivity index is 2.28. The van der Waals surface area contributed by atoms with Gasteiger partial charge in [0.1, 0.15) is 5.75 Å². The molecule has 2 aromatic carbocycles. The van der Waals surface area contributed by atoms with Gasteiger partial charge in [-0.3, -0.25) is 4.79 Å². The molecule has 1 amide bonds. The Bertz CT molecular complexity index is 1180. The average molecular weight is 605 g/mol. The van der Waals surface area contributed by atoms with Crippen LogP contribution in [-0.4, -0.2) is 42.6 Å². The zero-order valence-electron chi connectivity index (χ0n) is 19.7. The third kappa shape index (κ3) is 7.26. The molecule has 0 aliphatic rings. The van der Waals surface area contributed by atoms with Crippen LogP contribution in [0.25, 0.3) is 0 Å². The molecule has 0 radical (unpaired) electrons. The number of anilines is 1. The highest BCUT2D eigenvalue weighted by atomic mass is 19.4. The molecule has 0 fully saturated rings. The van der Waals surface area contributed by atoms with Gasteiger partial charge in [-0.05, 0) is 50.2 Å². The third-order valence-electron chi connectivity index (χ3n) is 4.57. The van der Waals surface area contributed by atoms with Gasteiger partial charge < -0.3 is 10.1 Å². The molecule has 1 N–H and O–H groups in total. The van der Waals surface area contributed by atoms with Crippen LogP contribution >= 0.6 is 0 Å². The van der Waals surface area contributed by atoms with E-state index in [9.17, 15) is 61.9 Å². The lowest BCUT2D eigenvalue weighted by molar-refractivity contribution is -0.535. The minimum absolute atomic E-state index is 0.0864. The zero-order chi connectivity index (χ0) is 30.9. The normalized spacial score (nSPS) is 13.9. The lowest BCUT2D eigenvalue weighted by Crippen LogP contribution is -2.61. The van der Waals surface area contributed by atoms with E-state index in [0.717, 1.165) is 6.07 Å². The number of ether oxygens (including phenoxy) is 3. The fraction of sp³-hybridized carbons (Fsp3) is 0.409. The van der Waals surface area contributed by atoms with Crippen LogP contribution < -0.4 is 10.1 Å². The number of amides is 1. The van der Waals surface area contributed by atoms with Gasteiger partial charge in [0.25, 0.3) is 5.91 Å². The Labute approximate surface area is 215 Å². The van der Waals surface area contributed by atoms with Gasteiger partial charge in [0.15, 0.2) is 0 Å². The molecular weight excluding hydrogens is 589 g/mol. The number of hydrogen-bond acceptors (Lipinski definition) is 4. The topological polar surface area (TPSA) is 56.8 Å². The number of nitrogens with one attached hydrogen (secondary N) is 1. The highest BCUT2D eigenvalue weighted by Crippen LogP contribution is 2.54. The average Bonchev–Trinajstić information content (AvgIpc) is 2.76. The van der Waals surface area contributed by atoms with E-state index in [1.54, 1.807) is 18.6 Å². The van der Waals surface area contributed by atoms with Crippen molar-refractivity contribution in [3.8, 4) is 5.75 Å². The molecule has 40 heavy (non-hydrogen) atoms. The number of benzene rings is 2. The summed E-state index contributed by atoms with van der Waals surface area (Å²) in [6.07, 6.45) is -28.2. The van der Waals surface area contributed by atoms with Crippen LogP contribution in [0.15, 0.2) is 48.5 Å². The van der Waals surface area contributed by atoms with Crippen molar-refractivity contribution in [2.24, 2.45) is 0 Å². The Kier molecular flexibility index (Phi) is 9.01. The first-order chi connectivity index (χ1) is 17.9. The predicted octanol–water partition coefficient (Wildman–Crippen LogP) is 7.78. The van der Waals surface area contributed by atoms with Crippen LogP contribution in [0.4, 0.5) is 62.8 Å². The molecule has 0 aliphatic heterocycles. The van der Waals surface area contributed by atoms with Crippen molar-refractivity contribution in [2.45, 2.75) is 56.5 Å². The highest BCUT2D eigenvalue weighted by molar-refractivity contribution is 6.04. The van der Waals surface area contributed by atoms with Crippen molar-refractivity contribution in [1.29, 1.82) is 0 Å². The van der Waals surface area contributed by atoms with Crippen molar-refractivity contribution < 1.29 is 76.1 Å². The summed E-state index contributed by atoms with van der Waals surface area (Å²) >= 11 is 0. The van der Waals surface area contributed by atoms with Gasteiger partial charge in [0.2, 0.25) is 0 Å². The number of halogens is 13. The van der Waals surface area contributed by atoms with E-state index >= 15 is 0 Å². The molecule has 0 heterocycles. The molecule has 2 rings (SSSR count). The first-order valence-corrected chi connectivity index (χ1v) is 10.5. The summed E-state index contributed by atoms with van der Waals surface area (Å²) in [6, 6.07) is 6.86. The molecule has 5 nitrogen and oxygen atoms in total. The molecule has 18 heteroatoms. The lowest BCUT2D eigenvalue weighted by atomic mass is 10.1. The Hall–Kier alpha value is -3.28. The summed E-state index contributed by atoms with van der Waals surface area (Å²) in [4.78, 5) is 12.3. The van der Waals surface area contributed by atoms with Gasteiger partial charge in [-0.15, -0.1) is 13.2 Å². The number of carbonyl (C=O) groups excluding carboxylic acids is 1. The number of alkyl halides is 13. The maximum absolute atomic E-state index is 14.4. The van der Waals surface area contributed by atoms with E-state index in [2.05, 4.69) is 0 Å². The number of rotatable bonds is 11. The first kappa shape index (κ1) is 32.9. The molecule has 0 aliphatic carbocycles. The van der Waals surface area contributed by atoms with Gasteiger partial charge in [-0.1, -0.05) is 12.1 Å². The first-order valence-electron chi connectivity index (χ1n) is 10.5. The molecule has 0 bridgehead atoms. The van der Waals surface area contributed by atoms with Crippen molar-refractivity contribution >= 4 is 11.6 Å². The van der Waals surface area contributed by atoms with Crippen LogP contribution in [0.1, 0.15) is 29.8 Å². The maximum Gasteiger partial charge on any atom is 0.527 e. The Morgan fingerprint density at radius 1 is 0.725 bits per heavy atom. The fourth-order valence-electron chi connectivity index (χ4n) is 2.79. The molecule has 0 aromatic heterocycles. The van der Waals surface area contributed by atoms with E-state index < -0.39 is 53.7 Å². The second kappa shape index (κ2) is 10.9. The Morgan fingerprint density at radius 2 is 1.25 bits per heavy atom. The molecular formula is C22H16F13NO4. The lowest BCUT2D eigenvalue weighted by Gasteiger charge is -2.35. The summed E-state index contributed by atoms with van der Waals surface area (Å²) in [5.74, 6) is -14.2. The molecule has 0 atom stereocenters. The molecule has 2 aromatic rings.